The van der Waals surface area contributed by atoms with Crippen molar-refractivity contribution in [2.75, 3.05) is 26.2 Å². The Labute approximate surface area is 212 Å². The summed E-state index contributed by atoms with van der Waals surface area (Å²) in [6.07, 6.45) is 3.15. The molecule has 0 aliphatic carbocycles. The van der Waals surface area contributed by atoms with Crippen LogP contribution in [0.1, 0.15) is 42.6 Å². The van der Waals surface area contributed by atoms with Crippen molar-refractivity contribution in [3.05, 3.63) is 65.9 Å². The second-order valence-electron chi connectivity index (χ2n) is 10.0. The van der Waals surface area contributed by atoms with Crippen LogP contribution in [0.4, 0.5) is 0 Å². The third-order valence-electron chi connectivity index (χ3n) is 7.09. The molecule has 2 saturated heterocycles. The molecular formula is C29H33N3O4. The summed E-state index contributed by atoms with van der Waals surface area (Å²) in [7, 11) is 0. The van der Waals surface area contributed by atoms with Crippen LogP contribution in [0, 0.1) is 12.8 Å². The molecule has 3 aromatic rings. The Hall–Kier alpha value is -3.45. The number of rotatable bonds is 4. The van der Waals surface area contributed by atoms with Gasteiger partial charge < -0.3 is 19.0 Å². The summed E-state index contributed by atoms with van der Waals surface area (Å²) in [5.74, 6) is 1.17. The Morgan fingerprint density at radius 1 is 0.917 bits per heavy atom. The molecule has 2 amide bonds. The Kier molecular flexibility index (Phi) is 6.92. The van der Waals surface area contributed by atoms with E-state index in [4.69, 9.17) is 9.15 Å². The lowest BCUT2D eigenvalue weighted by molar-refractivity contribution is -0.148. The van der Waals surface area contributed by atoms with Crippen LogP contribution in [0.25, 0.3) is 22.8 Å². The van der Waals surface area contributed by atoms with E-state index in [1.807, 2.05) is 79.1 Å². The number of amides is 2. The minimum atomic E-state index is -0.0554. The quantitative estimate of drug-likeness (QED) is 0.528. The molecule has 2 aliphatic heterocycles. The van der Waals surface area contributed by atoms with Gasteiger partial charge in [-0.05, 0) is 45.7 Å². The lowest BCUT2D eigenvalue weighted by atomic mass is 9.94. The minimum absolute atomic E-state index is 0.0504. The average Bonchev–Trinajstić information content (AvgIpc) is 3.38. The molecule has 2 unspecified atom stereocenters. The van der Waals surface area contributed by atoms with Crippen molar-refractivity contribution in [3.63, 3.8) is 0 Å². The predicted molar refractivity (Wildman–Crippen MR) is 137 cm³/mol. The molecule has 0 spiro atoms. The number of benzene rings is 2. The van der Waals surface area contributed by atoms with E-state index < -0.39 is 0 Å². The maximum Gasteiger partial charge on any atom is 0.254 e. The fourth-order valence-electron chi connectivity index (χ4n) is 5.22. The highest BCUT2D eigenvalue weighted by Crippen LogP contribution is 2.30. The van der Waals surface area contributed by atoms with Crippen molar-refractivity contribution in [1.29, 1.82) is 0 Å². The second-order valence-corrected chi connectivity index (χ2v) is 10.0. The molecule has 2 fully saturated rings. The van der Waals surface area contributed by atoms with Crippen molar-refractivity contribution in [2.45, 2.75) is 45.8 Å². The first-order valence-electron chi connectivity index (χ1n) is 12.7. The molecule has 2 aliphatic rings. The van der Waals surface area contributed by atoms with E-state index in [-0.39, 0.29) is 29.9 Å². The van der Waals surface area contributed by atoms with E-state index in [0.29, 0.717) is 61.8 Å². The summed E-state index contributed by atoms with van der Waals surface area (Å²) in [6.45, 7) is 8.43. The maximum atomic E-state index is 13.5. The van der Waals surface area contributed by atoms with Crippen molar-refractivity contribution in [3.8, 4) is 22.8 Å². The van der Waals surface area contributed by atoms with Crippen LogP contribution in [0.2, 0.25) is 0 Å². The first-order valence-corrected chi connectivity index (χ1v) is 12.7. The van der Waals surface area contributed by atoms with Crippen LogP contribution in [-0.4, -0.2) is 65.0 Å². The number of nitrogens with zero attached hydrogens (tertiary/aromatic N) is 3. The van der Waals surface area contributed by atoms with Gasteiger partial charge in [0, 0.05) is 43.2 Å². The zero-order chi connectivity index (χ0) is 25.2. The van der Waals surface area contributed by atoms with Gasteiger partial charge in [-0.15, -0.1) is 0 Å². The summed E-state index contributed by atoms with van der Waals surface area (Å²) in [4.78, 5) is 34.9. The van der Waals surface area contributed by atoms with Crippen LogP contribution in [-0.2, 0) is 9.53 Å². The lowest BCUT2D eigenvalue weighted by Crippen LogP contribution is -2.51. The molecule has 0 saturated carbocycles. The van der Waals surface area contributed by atoms with Gasteiger partial charge >= 0.3 is 0 Å². The summed E-state index contributed by atoms with van der Waals surface area (Å²) in [6, 6.07) is 15.5. The average molecular weight is 488 g/mol. The molecule has 188 valence electrons. The highest BCUT2D eigenvalue weighted by Gasteiger charge is 2.34. The van der Waals surface area contributed by atoms with Crippen LogP contribution in [0.3, 0.4) is 0 Å². The first-order chi connectivity index (χ1) is 17.4. The van der Waals surface area contributed by atoms with E-state index >= 15 is 0 Å². The summed E-state index contributed by atoms with van der Waals surface area (Å²) in [5, 5.41) is 0. The van der Waals surface area contributed by atoms with E-state index in [1.54, 1.807) is 6.20 Å². The zero-order valence-electron chi connectivity index (χ0n) is 21.1. The molecule has 1 aromatic heterocycles. The zero-order valence-corrected chi connectivity index (χ0v) is 21.1. The largest absolute Gasteiger partial charge is 0.436 e. The van der Waals surface area contributed by atoms with E-state index in [2.05, 4.69) is 4.98 Å². The van der Waals surface area contributed by atoms with Gasteiger partial charge in [0.2, 0.25) is 11.8 Å². The number of carbonyl (C=O) groups excluding carboxylic acids is 2. The van der Waals surface area contributed by atoms with Crippen molar-refractivity contribution in [1.82, 2.24) is 14.8 Å². The van der Waals surface area contributed by atoms with Crippen LogP contribution in [0.5, 0.6) is 0 Å². The summed E-state index contributed by atoms with van der Waals surface area (Å²) < 4.78 is 11.8. The monoisotopic (exact) mass is 487 g/mol. The standard InChI is InChI=1S/C29H33N3O4/c1-19-8-10-22(11-9-19)26-16-30-27(36-26)24-6-4-5-7-25(24)29(34)31-14-12-23(13-15-31)28(33)32-17-20(2)35-21(3)18-32/h4-11,16,20-21,23H,12-15,17-18H2,1-3H3. The van der Waals surface area contributed by atoms with Crippen LogP contribution < -0.4 is 0 Å². The maximum absolute atomic E-state index is 13.5. The van der Waals surface area contributed by atoms with Gasteiger partial charge in [-0.2, -0.15) is 0 Å². The normalized spacial score (nSPS) is 21.0. The number of morpholine rings is 1. The van der Waals surface area contributed by atoms with Gasteiger partial charge in [-0.1, -0.05) is 42.0 Å². The number of ether oxygens (including phenoxy) is 1. The number of oxazole rings is 1. The highest BCUT2D eigenvalue weighted by molar-refractivity contribution is 6.00. The molecule has 3 heterocycles. The van der Waals surface area contributed by atoms with Gasteiger partial charge in [0.05, 0.1) is 24.0 Å². The molecule has 0 bridgehead atoms. The van der Waals surface area contributed by atoms with Gasteiger partial charge in [0.1, 0.15) is 0 Å². The number of carbonyl (C=O) groups is 2. The molecule has 7 nitrogen and oxygen atoms in total. The Morgan fingerprint density at radius 3 is 2.28 bits per heavy atom. The number of aromatic nitrogens is 1. The Morgan fingerprint density at radius 2 is 1.58 bits per heavy atom. The van der Waals surface area contributed by atoms with Gasteiger partial charge in [0.15, 0.2) is 5.76 Å². The summed E-state index contributed by atoms with van der Waals surface area (Å²) >= 11 is 0. The number of hydrogen-bond donors (Lipinski definition) is 0. The fourth-order valence-corrected chi connectivity index (χ4v) is 5.22. The van der Waals surface area contributed by atoms with E-state index in [9.17, 15) is 9.59 Å². The van der Waals surface area contributed by atoms with Crippen molar-refractivity contribution in [2.24, 2.45) is 5.92 Å². The first kappa shape index (κ1) is 24.3. The SMILES string of the molecule is Cc1ccc(-c2cnc(-c3ccccc3C(=O)N3CCC(C(=O)N4CC(C)OC(C)C4)CC3)o2)cc1. The minimum Gasteiger partial charge on any atom is -0.436 e. The molecule has 0 radical (unpaired) electrons. The van der Waals surface area contributed by atoms with Gasteiger partial charge in [0.25, 0.3) is 5.91 Å². The Balaban J connectivity index is 1.27. The number of likely N-dealkylation sites (tertiary alicyclic amines) is 1. The van der Waals surface area contributed by atoms with E-state index in [0.717, 1.165) is 5.56 Å². The van der Waals surface area contributed by atoms with Crippen molar-refractivity contribution < 1.29 is 18.7 Å². The third kappa shape index (κ3) is 5.07. The fraction of sp³-hybridized carbons (Fsp3) is 0.414. The van der Waals surface area contributed by atoms with Gasteiger partial charge in [-0.25, -0.2) is 4.98 Å². The smallest absolute Gasteiger partial charge is 0.254 e. The molecule has 2 atom stereocenters. The molecule has 36 heavy (non-hydrogen) atoms. The third-order valence-corrected chi connectivity index (χ3v) is 7.09. The number of hydrogen-bond acceptors (Lipinski definition) is 5. The lowest BCUT2D eigenvalue weighted by Gasteiger charge is -2.39. The van der Waals surface area contributed by atoms with Crippen molar-refractivity contribution >= 4 is 11.8 Å². The van der Waals surface area contributed by atoms with Gasteiger partial charge in [-0.3, -0.25) is 9.59 Å². The second kappa shape index (κ2) is 10.3. The predicted octanol–water partition coefficient (Wildman–Crippen LogP) is 4.81. The Bertz CT molecular complexity index is 1220. The topological polar surface area (TPSA) is 75.9 Å². The number of aryl methyl sites for hydroxylation is 1. The molecule has 7 heteroatoms. The number of piperidine rings is 1. The van der Waals surface area contributed by atoms with Crippen LogP contribution in [0.15, 0.2) is 59.1 Å². The molecule has 2 aromatic carbocycles. The molecule has 0 N–H and O–H groups in total. The highest BCUT2D eigenvalue weighted by atomic mass is 16.5. The van der Waals surface area contributed by atoms with Crippen LogP contribution >= 0.6 is 0 Å². The molecule has 5 rings (SSSR count). The van der Waals surface area contributed by atoms with E-state index in [1.165, 1.54) is 5.56 Å². The summed E-state index contributed by atoms with van der Waals surface area (Å²) in [5.41, 5.74) is 3.36. The molecular weight excluding hydrogens is 454 g/mol.